The first-order chi connectivity index (χ1) is 16.8. The minimum atomic E-state index is -0.944. The highest BCUT2D eigenvalue weighted by Crippen LogP contribution is 2.35. The zero-order valence-corrected chi connectivity index (χ0v) is 19.9. The summed E-state index contributed by atoms with van der Waals surface area (Å²) in [7, 11) is 0. The molecule has 0 atom stereocenters. The zero-order chi connectivity index (χ0) is 24.3. The van der Waals surface area contributed by atoms with Gasteiger partial charge in [0.25, 0.3) is 5.91 Å². The molecule has 2 aromatic carbocycles. The van der Waals surface area contributed by atoms with Gasteiger partial charge in [-0.15, -0.1) is 0 Å². The highest BCUT2D eigenvalue weighted by Gasteiger charge is 2.45. The zero-order valence-electron chi connectivity index (χ0n) is 19.9. The Morgan fingerprint density at radius 1 is 1.06 bits per heavy atom. The van der Waals surface area contributed by atoms with E-state index in [1.807, 2.05) is 35.2 Å². The van der Waals surface area contributed by atoms with Crippen LogP contribution in [0.2, 0.25) is 0 Å². The van der Waals surface area contributed by atoms with E-state index in [-0.39, 0.29) is 23.7 Å². The van der Waals surface area contributed by atoms with Crippen molar-refractivity contribution < 1.29 is 14.0 Å². The van der Waals surface area contributed by atoms with E-state index >= 15 is 4.39 Å². The fourth-order valence-corrected chi connectivity index (χ4v) is 5.03. The molecule has 2 amide bonds. The van der Waals surface area contributed by atoms with E-state index in [0.29, 0.717) is 31.0 Å². The van der Waals surface area contributed by atoms with E-state index in [9.17, 15) is 9.59 Å². The Morgan fingerprint density at radius 3 is 2.54 bits per heavy atom. The summed E-state index contributed by atoms with van der Waals surface area (Å²) in [5.41, 5.74) is 1.04. The van der Waals surface area contributed by atoms with E-state index in [1.165, 1.54) is 6.07 Å². The SMILES string of the molecule is CC1(C)N=C(c2ccc(-c3ccc4cnccc4c3)cc2F)N(CC2CN(C(=O)C3CC3)C2)C1=O. The number of aromatic nitrogens is 1. The standard InChI is InChI=1S/C28H27FN4O2/c1-28(2)27(35)33(16-17-14-32(15-17)26(34)18-3-4-18)25(31-28)23-8-7-20(12-24(23)29)19-5-6-22-13-30-10-9-21(22)11-19/h5-13,17-18H,3-4,14-16H2,1-2H3. The van der Waals surface area contributed by atoms with Crippen molar-refractivity contribution in [3.05, 3.63) is 66.2 Å². The maximum atomic E-state index is 15.5. The van der Waals surface area contributed by atoms with Crippen LogP contribution in [0.3, 0.4) is 0 Å². The highest BCUT2D eigenvalue weighted by molar-refractivity contribution is 6.15. The van der Waals surface area contributed by atoms with Gasteiger partial charge in [0.05, 0.1) is 5.56 Å². The molecule has 1 saturated heterocycles. The molecule has 0 unspecified atom stereocenters. The van der Waals surface area contributed by atoms with Crippen molar-refractivity contribution in [2.24, 2.45) is 16.8 Å². The van der Waals surface area contributed by atoms with Gasteiger partial charge < -0.3 is 4.90 Å². The molecular formula is C28H27FN4O2. The number of aliphatic imine (C=N–C) groups is 1. The lowest BCUT2D eigenvalue weighted by Crippen LogP contribution is -2.55. The van der Waals surface area contributed by atoms with Crippen LogP contribution < -0.4 is 0 Å². The van der Waals surface area contributed by atoms with Gasteiger partial charge in [-0.3, -0.25) is 24.5 Å². The van der Waals surface area contributed by atoms with Crippen molar-refractivity contribution in [2.45, 2.75) is 32.2 Å². The molecule has 0 N–H and O–H groups in total. The summed E-state index contributed by atoms with van der Waals surface area (Å²) >= 11 is 0. The average molecular weight is 471 g/mol. The topological polar surface area (TPSA) is 65.9 Å². The summed E-state index contributed by atoms with van der Waals surface area (Å²) in [6.45, 7) is 5.25. The van der Waals surface area contributed by atoms with Gasteiger partial charge >= 0.3 is 0 Å². The second kappa shape index (κ2) is 7.97. The molecular weight excluding hydrogens is 443 g/mol. The average Bonchev–Trinajstić information content (AvgIpc) is 3.64. The van der Waals surface area contributed by atoms with Crippen LogP contribution in [0, 0.1) is 17.7 Å². The van der Waals surface area contributed by atoms with Gasteiger partial charge in [-0.2, -0.15) is 0 Å². The van der Waals surface area contributed by atoms with E-state index < -0.39 is 11.4 Å². The molecule has 6 rings (SSSR count). The second-order valence-electron chi connectivity index (χ2n) is 10.4. The van der Waals surface area contributed by atoms with Crippen LogP contribution in [0.25, 0.3) is 21.9 Å². The highest BCUT2D eigenvalue weighted by atomic mass is 19.1. The number of carbonyl (C=O) groups is 2. The summed E-state index contributed by atoms with van der Waals surface area (Å²) in [6.07, 6.45) is 5.52. The smallest absolute Gasteiger partial charge is 0.255 e. The molecule has 0 radical (unpaired) electrons. The Kier molecular flexibility index (Phi) is 4.99. The molecule has 3 aromatic rings. The number of hydrogen-bond donors (Lipinski definition) is 0. The molecule has 3 aliphatic rings. The third-order valence-corrected chi connectivity index (χ3v) is 7.23. The summed E-state index contributed by atoms with van der Waals surface area (Å²) in [6, 6.07) is 13.0. The molecule has 35 heavy (non-hydrogen) atoms. The Balaban J connectivity index is 1.25. The normalized spacial score (nSPS) is 19.7. The second-order valence-corrected chi connectivity index (χ2v) is 10.4. The Hall–Kier alpha value is -3.61. The minimum absolute atomic E-state index is 0.133. The quantitative estimate of drug-likeness (QED) is 0.559. The third-order valence-electron chi connectivity index (χ3n) is 7.23. The third kappa shape index (κ3) is 3.89. The molecule has 7 heteroatoms. The largest absolute Gasteiger partial charge is 0.342 e. The summed E-state index contributed by atoms with van der Waals surface area (Å²) in [5.74, 6) is 0.440. The number of benzene rings is 2. The predicted octanol–water partition coefficient (Wildman–Crippen LogP) is 4.28. The molecule has 3 heterocycles. The summed E-state index contributed by atoms with van der Waals surface area (Å²) in [5, 5.41) is 2.06. The van der Waals surface area contributed by atoms with Gasteiger partial charge in [-0.1, -0.05) is 18.2 Å². The molecule has 0 bridgehead atoms. The number of hydrogen-bond acceptors (Lipinski definition) is 4. The lowest BCUT2D eigenvalue weighted by atomic mass is 9.97. The number of fused-ring (bicyclic) bond motifs is 1. The van der Waals surface area contributed by atoms with E-state index in [0.717, 1.165) is 34.7 Å². The maximum Gasteiger partial charge on any atom is 0.255 e. The van der Waals surface area contributed by atoms with Crippen LogP contribution in [-0.2, 0) is 9.59 Å². The van der Waals surface area contributed by atoms with Crippen LogP contribution in [0.5, 0.6) is 0 Å². The molecule has 6 nitrogen and oxygen atoms in total. The van der Waals surface area contributed by atoms with Gasteiger partial charge in [0.2, 0.25) is 5.91 Å². The first-order valence-corrected chi connectivity index (χ1v) is 12.1. The minimum Gasteiger partial charge on any atom is -0.342 e. The van der Waals surface area contributed by atoms with E-state index in [2.05, 4.69) is 9.98 Å². The summed E-state index contributed by atoms with van der Waals surface area (Å²) in [4.78, 5) is 37.7. The molecule has 178 valence electrons. The molecule has 2 fully saturated rings. The van der Waals surface area contributed by atoms with Crippen molar-refractivity contribution in [1.82, 2.24) is 14.8 Å². The Bertz CT molecular complexity index is 1390. The fourth-order valence-electron chi connectivity index (χ4n) is 5.03. The van der Waals surface area contributed by atoms with Crippen LogP contribution >= 0.6 is 0 Å². The number of nitrogens with zero attached hydrogens (tertiary/aromatic N) is 4. The molecule has 1 aromatic heterocycles. The molecule has 1 aliphatic carbocycles. The van der Waals surface area contributed by atoms with Gasteiger partial charge in [-0.25, -0.2) is 4.39 Å². The van der Waals surface area contributed by atoms with Gasteiger partial charge in [0, 0.05) is 49.2 Å². The van der Waals surface area contributed by atoms with Crippen molar-refractivity contribution in [2.75, 3.05) is 19.6 Å². The maximum absolute atomic E-state index is 15.5. The van der Waals surface area contributed by atoms with E-state index in [4.69, 9.17) is 0 Å². The summed E-state index contributed by atoms with van der Waals surface area (Å²) < 4.78 is 15.5. The number of rotatable bonds is 5. The van der Waals surface area contributed by atoms with Crippen molar-refractivity contribution in [3.63, 3.8) is 0 Å². The Morgan fingerprint density at radius 2 is 1.80 bits per heavy atom. The molecule has 2 aliphatic heterocycles. The number of amidine groups is 1. The predicted molar refractivity (Wildman–Crippen MR) is 132 cm³/mol. The van der Waals surface area contributed by atoms with E-state index in [1.54, 1.807) is 37.2 Å². The van der Waals surface area contributed by atoms with Gasteiger partial charge in [0.1, 0.15) is 17.2 Å². The van der Waals surface area contributed by atoms with Crippen LogP contribution in [-0.4, -0.2) is 57.6 Å². The number of carbonyl (C=O) groups excluding carboxylic acids is 2. The van der Waals surface area contributed by atoms with Crippen LogP contribution in [0.15, 0.2) is 59.9 Å². The van der Waals surface area contributed by atoms with Crippen molar-refractivity contribution in [3.8, 4) is 11.1 Å². The first kappa shape index (κ1) is 21.9. The lowest BCUT2D eigenvalue weighted by Gasteiger charge is -2.41. The number of likely N-dealkylation sites (tertiary alicyclic amines) is 1. The number of amides is 2. The van der Waals surface area contributed by atoms with Gasteiger partial charge in [0.15, 0.2) is 0 Å². The lowest BCUT2D eigenvalue weighted by molar-refractivity contribution is -0.140. The van der Waals surface area contributed by atoms with Crippen LogP contribution in [0.4, 0.5) is 4.39 Å². The number of halogens is 1. The number of pyridine rings is 1. The first-order valence-electron chi connectivity index (χ1n) is 12.1. The Labute approximate surface area is 203 Å². The fraction of sp³-hybridized carbons (Fsp3) is 0.357. The monoisotopic (exact) mass is 470 g/mol. The van der Waals surface area contributed by atoms with Gasteiger partial charge in [-0.05, 0) is 67.5 Å². The van der Waals surface area contributed by atoms with Crippen LogP contribution in [0.1, 0.15) is 32.3 Å². The van der Waals surface area contributed by atoms with Crippen molar-refractivity contribution in [1.29, 1.82) is 0 Å². The molecule has 1 saturated carbocycles. The molecule has 0 spiro atoms. The van der Waals surface area contributed by atoms with Crippen molar-refractivity contribution >= 4 is 28.4 Å².